The number of hydrogen-bond acceptors (Lipinski definition) is 6. The van der Waals surface area contributed by atoms with E-state index in [-0.39, 0.29) is 12.4 Å². The SMILES string of the molecule is COc1cc(CO)ccc1Oc1ccnc(/C(N)=N/O)c1. The Balaban J connectivity index is 2.30. The van der Waals surface area contributed by atoms with Crippen molar-refractivity contribution in [3.8, 4) is 17.2 Å². The van der Waals surface area contributed by atoms with E-state index in [1.807, 2.05) is 0 Å². The van der Waals surface area contributed by atoms with Gasteiger partial charge in [-0.05, 0) is 23.8 Å². The number of aromatic nitrogens is 1. The summed E-state index contributed by atoms with van der Waals surface area (Å²) in [5.74, 6) is 1.32. The van der Waals surface area contributed by atoms with Crippen molar-refractivity contribution in [1.29, 1.82) is 0 Å². The number of benzene rings is 1. The van der Waals surface area contributed by atoms with Gasteiger partial charge in [0, 0.05) is 12.3 Å². The number of methoxy groups -OCH3 is 1. The quantitative estimate of drug-likeness (QED) is 0.333. The molecule has 2 rings (SSSR count). The molecule has 1 heterocycles. The van der Waals surface area contributed by atoms with Crippen molar-refractivity contribution in [3.05, 3.63) is 47.8 Å². The van der Waals surface area contributed by atoms with Gasteiger partial charge in [-0.2, -0.15) is 0 Å². The number of aliphatic hydroxyl groups excluding tert-OH is 1. The van der Waals surface area contributed by atoms with Crippen LogP contribution in [0.5, 0.6) is 17.2 Å². The summed E-state index contributed by atoms with van der Waals surface area (Å²) in [6.45, 7) is -0.0838. The lowest BCUT2D eigenvalue weighted by Crippen LogP contribution is -2.14. The van der Waals surface area contributed by atoms with Gasteiger partial charge in [-0.1, -0.05) is 11.2 Å². The largest absolute Gasteiger partial charge is 0.493 e. The van der Waals surface area contributed by atoms with Gasteiger partial charge in [-0.3, -0.25) is 4.98 Å². The zero-order valence-corrected chi connectivity index (χ0v) is 11.4. The third kappa shape index (κ3) is 3.40. The van der Waals surface area contributed by atoms with Gasteiger partial charge >= 0.3 is 0 Å². The van der Waals surface area contributed by atoms with Crippen LogP contribution >= 0.6 is 0 Å². The Bertz CT molecular complexity index is 658. The van der Waals surface area contributed by atoms with Gasteiger partial charge in [0.05, 0.1) is 13.7 Å². The van der Waals surface area contributed by atoms with Crippen LogP contribution < -0.4 is 15.2 Å². The fraction of sp³-hybridized carbons (Fsp3) is 0.143. The number of hydrogen-bond donors (Lipinski definition) is 3. The molecule has 0 aliphatic rings. The molecule has 7 nitrogen and oxygen atoms in total. The summed E-state index contributed by atoms with van der Waals surface area (Å²) in [6, 6.07) is 8.26. The number of oxime groups is 1. The van der Waals surface area contributed by atoms with Crippen molar-refractivity contribution in [2.75, 3.05) is 7.11 Å². The summed E-state index contributed by atoms with van der Waals surface area (Å²) in [5.41, 5.74) is 6.49. The Morgan fingerprint density at radius 1 is 1.29 bits per heavy atom. The normalized spacial score (nSPS) is 11.2. The molecule has 1 aromatic heterocycles. The van der Waals surface area contributed by atoms with E-state index in [1.165, 1.54) is 19.4 Å². The summed E-state index contributed by atoms with van der Waals surface area (Å²) >= 11 is 0. The lowest BCUT2D eigenvalue weighted by atomic mass is 10.2. The maximum absolute atomic E-state index is 9.11. The molecule has 0 amide bonds. The minimum absolute atomic E-state index is 0.0838. The predicted octanol–water partition coefficient (Wildman–Crippen LogP) is 1.47. The van der Waals surface area contributed by atoms with E-state index >= 15 is 0 Å². The van der Waals surface area contributed by atoms with Crippen LogP contribution in [0.15, 0.2) is 41.7 Å². The van der Waals surface area contributed by atoms with Crippen molar-refractivity contribution < 1.29 is 19.8 Å². The second kappa shape index (κ2) is 6.58. The molecule has 0 aliphatic heterocycles. The third-order valence-electron chi connectivity index (χ3n) is 2.74. The smallest absolute Gasteiger partial charge is 0.188 e. The first-order valence-electron chi connectivity index (χ1n) is 6.07. The summed E-state index contributed by atoms with van der Waals surface area (Å²) < 4.78 is 10.9. The number of nitrogens with two attached hydrogens (primary N) is 1. The summed E-state index contributed by atoms with van der Waals surface area (Å²) in [6.07, 6.45) is 1.48. The second-order valence-corrected chi connectivity index (χ2v) is 4.11. The van der Waals surface area contributed by atoms with Gasteiger partial charge in [-0.25, -0.2) is 0 Å². The Morgan fingerprint density at radius 2 is 2.10 bits per heavy atom. The van der Waals surface area contributed by atoms with Crippen LogP contribution in [0.1, 0.15) is 11.3 Å². The van der Waals surface area contributed by atoms with Crippen LogP contribution in [0.25, 0.3) is 0 Å². The monoisotopic (exact) mass is 289 g/mol. The highest BCUT2D eigenvalue weighted by atomic mass is 16.5. The van der Waals surface area contributed by atoms with E-state index in [0.29, 0.717) is 28.5 Å². The van der Waals surface area contributed by atoms with Gasteiger partial charge in [0.15, 0.2) is 17.3 Å². The topological polar surface area (TPSA) is 110 Å². The average Bonchev–Trinajstić information content (AvgIpc) is 2.54. The molecule has 0 aliphatic carbocycles. The molecule has 0 unspecified atom stereocenters. The lowest BCUT2D eigenvalue weighted by Gasteiger charge is -2.11. The van der Waals surface area contributed by atoms with Gasteiger partial charge < -0.3 is 25.5 Å². The Labute approximate surface area is 121 Å². The molecular weight excluding hydrogens is 274 g/mol. The number of pyridine rings is 1. The van der Waals surface area contributed by atoms with Crippen molar-refractivity contribution in [2.24, 2.45) is 10.9 Å². The second-order valence-electron chi connectivity index (χ2n) is 4.11. The maximum atomic E-state index is 9.11. The first-order valence-corrected chi connectivity index (χ1v) is 6.07. The van der Waals surface area contributed by atoms with E-state index in [1.54, 1.807) is 24.3 Å². The minimum Gasteiger partial charge on any atom is -0.493 e. The summed E-state index contributed by atoms with van der Waals surface area (Å²) in [7, 11) is 1.51. The Morgan fingerprint density at radius 3 is 2.76 bits per heavy atom. The maximum Gasteiger partial charge on any atom is 0.188 e. The highest BCUT2D eigenvalue weighted by Gasteiger charge is 2.09. The zero-order chi connectivity index (χ0) is 15.2. The van der Waals surface area contributed by atoms with Crippen molar-refractivity contribution in [1.82, 2.24) is 4.98 Å². The molecular formula is C14H15N3O4. The third-order valence-corrected chi connectivity index (χ3v) is 2.74. The molecule has 0 fully saturated rings. The van der Waals surface area contributed by atoms with E-state index in [9.17, 15) is 0 Å². The predicted molar refractivity (Wildman–Crippen MR) is 75.7 cm³/mol. The molecule has 21 heavy (non-hydrogen) atoms. The van der Waals surface area contributed by atoms with Crippen molar-refractivity contribution >= 4 is 5.84 Å². The molecule has 0 saturated heterocycles. The molecule has 0 saturated carbocycles. The fourth-order valence-corrected chi connectivity index (χ4v) is 1.69. The van der Waals surface area contributed by atoms with Gasteiger partial charge in [0.1, 0.15) is 11.4 Å². The summed E-state index contributed by atoms with van der Waals surface area (Å²) in [4.78, 5) is 3.96. The van der Waals surface area contributed by atoms with E-state index in [0.717, 1.165) is 0 Å². The molecule has 2 aromatic rings. The fourth-order valence-electron chi connectivity index (χ4n) is 1.69. The van der Waals surface area contributed by atoms with Crippen LogP contribution in [0.4, 0.5) is 0 Å². The molecule has 7 heteroatoms. The van der Waals surface area contributed by atoms with Crippen LogP contribution in [0, 0.1) is 0 Å². The lowest BCUT2D eigenvalue weighted by molar-refractivity contribution is 0.280. The number of amidine groups is 1. The van der Waals surface area contributed by atoms with Crippen molar-refractivity contribution in [2.45, 2.75) is 6.61 Å². The first-order chi connectivity index (χ1) is 10.2. The molecule has 0 spiro atoms. The molecule has 0 atom stereocenters. The highest BCUT2D eigenvalue weighted by Crippen LogP contribution is 2.32. The first kappa shape index (κ1) is 14.6. The number of nitrogens with zero attached hydrogens (tertiary/aromatic N) is 2. The number of aliphatic hydroxyl groups is 1. The minimum atomic E-state index is -0.108. The van der Waals surface area contributed by atoms with E-state index in [4.69, 9.17) is 25.5 Å². The molecule has 110 valence electrons. The number of rotatable bonds is 5. The Kier molecular flexibility index (Phi) is 4.57. The van der Waals surface area contributed by atoms with Gasteiger partial charge in [0.2, 0.25) is 0 Å². The molecule has 1 aromatic carbocycles. The standard InChI is InChI=1S/C14H15N3O4/c1-20-13-6-9(8-18)2-3-12(13)21-10-4-5-16-11(7-10)14(15)17-19/h2-7,18-19H,8H2,1H3,(H2,15,17). The Hall–Kier alpha value is -2.80. The average molecular weight is 289 g/mol. The molecule has 0 bridgehead atoms. The summed E-state index contributed by atoms with van der Waals surface area (Å²) in [5, 5.41) is 20.6. The van der Waals surface area contributed by atoms with E-state index in [2.05, 4.69) is 10.1 Å². The number of ether oxygens (including phenoxy) is 2. The highest BCUT2D eigenvalue weighted by molar-refractivity contribution is 5.95. The van der Waals surface area contributed by atoms with Gasteiger partial charge in [0.25, 0.3) is 0 Å². The molecule has 0 radical (unpaired) electrons. The van der Waals surface area contributed by atoms with Crippen molar-refractivity contribution in [3.63, 3.8) is 0 Å². The van der Waals surface area contributed by atoms with Gasteiger partial charge in [-0.15, -0.1) is 0 Å². The van der Waals surface area contributed by atoms with E-state index < -0.39 is 0 Å². The van der Waals surface area contributed by atoms with Crippen LogP contribution in [-0.2, 0) is 6.61 Å². The van der Waals surface area contributed by atoms with Crippen LogP contribution in [0.3, 0.4) is 0 Å². The van der Waals surface area contributed by atoms with Crippen LogP contribution in [0.2, 0.25) is 0 Å². The molecule has 4 N–H and O–H groups in total. The zero-order valence-electron chi connectivity index (χ0n) is 11.4. The van der Waals surface area contributed by atoms with Crippen LogP contribution in [-0.4, -0.2) is 28.2 Å².